The van der Waals surface area contributed by atoms with Crippen LogP contribution >= 0.6 is 11.6 Å². The average Bonchev–Trinajstić information content (AvgIpc) is 2.25. The van der Waals surface area contributed by atoms with Gasteiger partial charge in [0.2, 0.25) is 0 Å². The number of aromatic nitrogens is 1. The maximum absolute atomic E-state index is 11.6. The van der Waals surface area contributed by atoms with Crippen molar-refractivity contribution in [2.75, 3.05) is 24.2 Å². The number of ether oxygens (including phenoxy) is 1. The molecule has 16 heavy (non-hydrogen) atoms. The third-order valence-corrected chi connectivity index (χ3v) is 2.22. The van der Waals surface area contributed by atoms with E-state index in [4.69, 9.17) is 22.1 Å². The van der Waals surface area contributed by atoms with Gasteiger partial charge in [-0.3, -0.25) is 0 Å². The van der Waals surface area contributed by atoms with Crippen molar-refractivity contribution in [2.45, 2.75) is 13.8 Å². The number of carbonyl (C=O) groups excluding carboxylic acids is 1. The van der Waals surface area contributed by atoms with Gasteiger partial charge in [-0.25, -0.2) is 9.78 Å². The van der Waals surface area contributed by atoms with E-state index in [1.165, 1.54) is 6.20 Å². The van der Waals surface area contributed by atoms with Crippen LogP contribution in [-0.4, -0.2) is 24.1 Å². The van der Waals surface area contributed by atoms with Gasteiger partial charge in [0.1, 0.15) is 5.56 Å². The minimum absolute atomic E-state index is 0.170. The monoisotopic (exact) mass is 243 g/mol. The Labute approximate surface area is 98.9 Å². The molecule has 0 bridgehead atoms. The number of halogens is 1. The highest BCUT2D eigenvalue weighted by molar-refractivity contribution is 6.32. The molecule has 6 heteroatoms. The summed E-state index contributed by atoms with van der Waals surface area (Å²) < 4.78 is 4.89. The number of nitrogen functional groups attached to an aromatic ring is 1. The third kappa shape index (κ3) is 2.55. The minimum atomic E-state index is -0.464. The predicted molar refractivity (Wildman–Crippen MR) is 63.8 cm³/mol. The van der Waals surface area contributed by atoms with Crippen LogP contribution in [0.15, 0.2) is 6.20 Å². The first-order chi connectivity index (χ1) is 7.61. The molecule has 0 atom stereocenters. The van der Waals surface area contributed by atoms with E-state index in [0.29, 0.717) is 24.4 Å². The summed E-state index contributed by atoms with van der Waals surface area (Å²) in [6, 6.07) is 0. The fraction of sp³-hybridized carbons (Fsp3) is 0.400. The second kappa shape index (κ2) is 5.55. The largest absolute Gasteiger partial charge is 0.462 e. The number of esters is 1. The van der Waals surface area contributed by atoms with Crippen molar-refractivity contribution in [3.63, 3.8) is 0 Å². The zero-order valence-corrected chi connectivity index (χ0v) is 9.97. The minimum Gasteiger partial charge on any atom is -0.462 e. The fourth-order valence-corrected chi connectivity index (χ4v) is 1.38. The number of nitrogens with two attached hydrogens (primary N) is 1. The zero-order valence-electron chi connectivity index (χ0n) is 9.21. The SMILES string of the molecule is CCNc1c(C(=O)OCC)cnc(Cl)c1N. The molecule has 5 nitrogen and oxygen atoms in total. The van der Waals surface area contributed by atoms with Gasteiger partial charge in [0.15, 0.2) is 5.15 Å². The van der Waals surface area contributed by atoms with Gasteiger partial charge in [0.05, 0.1) is 18.0 Å². The molecule has 0 aliphatic rings. The van der Waals surface area contributed by atoms with E-state index < -0.39 is 5.97 Å². The summed E-state index contributed by atoms with van der Waals surface area (Å²) in [5.74, 6) is -0.464. The predicted octanol–water partition coefficient (Wildman–Crippen LogP) is 1.93. The molecule has 1 rings (SSSR count). The van der Waals surface area contributed by atoms with E-state index in [0.717, 1.165) is 0 Å². The van der Waals surface area contributed by atoms with Crippen LogP contribution in [0.3, 0.4) is 0 Å². The van der Waals surface area contributed by atoms with Gasteiger partial charge < -0.3 is 15.8 Å². The van der Waals surface area contributed by atoms with Crippen molar-refractivity contribution in [3.05, 3.63) is 16.9 Å². The number of hydrogen-bond acceptors (Lipinski definition) is 5. The number of nitrogens with zero attached hydrogens (tertiary/aromatic N) is 1. The van der Waals surface area contributed by atoms with Crippen LogP contribution in [0, 0.1) is 0 Å². The Kier molecular flexibility index (Phi) is 4.37. The van der Waals surface area contributed by atoms with Crippen molar-refractivity contribution in [1.82, 2.24) is 4.98 Å². The molecule has 1 aromatic rings. The zero-order chi connectivity index (χ0) is 12.1. The Morgan fingerprint density at radius 2 is 2.31 bits per heavy atom. The Bertz CT molecular complexity index is 396. The summed E-state index contributed by atoms with van der Waals surface area (Å²) in [5, 5.41) is 3.14. The fourth-order valence-electron chi connectivity index (χ4n) is 1.23. The highest BCUT2D eigenvalue weighted by Crippen LogP contribution is 2.29. The molecular weight excluding hydrogens is 230 g/mol. The van der Waals surface area contributed by atoms with Gasteiger partial charge in [-0.05, 0) is 13.8 Å². The Morgan fingerprint density at radius 1 is 1.62 bits per heavy atom. The third-order valence-electron chi connectivity index (χ3n) is 1.92. The molecule has 0 aliphatic heterocycles. The summed E-state index contributed by atoms with van der Waals surface area (Å²) >= 11 is 5.78. The number of nitrogens with one attached hydrogen (secondary N) is 1. The molecule has 1 heterocycles. The molecule has 0 radical (unpaired) electrons. The standard InChI is InChI=1S/C10H14ClN3O2/c1-3-13-8-6(10(15)16-4-2)5-14-9(11)7(8)12/h5H,3-4,12H2,1-2H3,(H,13,14). The lowest BCUT2D eigenvalue weighted by Crippen LogP contribution is -2.12. The van der Waals surface area contributed by atoms with Gasteiger partial charge in [-0.15, -0.1) is 0 Å². The van der Waals surface area contributed by atoms with Crippen molar-refractivity contribution in [2.24, 2.45) is 0 Å². The molecule has 0 aliphatic carbocycles. The van der Waals surface area contributed by atoms with E-state index in [1.54, 1.807) is 6.92 Å². The Hall–Kier alpha value is -1.49. The first-order valence-electron chi connectivity index (χ1n) is 4.96. The lowest BCUT2D eigenvalue weighted by atomic mass is 10.2. The van der Waals surface area contributed by atoms with E-state index >= 15 is 0 Å². The molecule has 0 saturated heterocycles. The van der Waals surface area contributed by atoms with Crippen LogP contribution in [0.5, 0.6) is 0 Å². The van der Waals surface area contributed by atoms with Gasteiger partial charge >= 0.3 is 5.97 Å². The van der Waals surface area contributed by atoms with Crippen molar-refractivity contribution in [3.8, 4) is 0 Å². The molecule has 0 fully saturated rings. The molecule has 1 aromatic heterocycles. The first kappa shape index (κ1) is 12.6. The van der Waals surface area contributed by atoms with Crippen LogP contribution < -0.4 is 11.1 Å². The number of anilines is 2. The summed E-state index contributed by atoms with van der Waals surface area (Å²) in [6.45, 7) is 4.55. The van der Waals surface area contributed by atoms with E-state index in [9.17, 15) is 4.79 Å². The molecule has 0 saturated carbocycles. The van der Waals surface area contributed by atoms with Gasteiger partial charge in [0.25, 0.3) is 0 Å². The molecular formula is C10H14ClN3O2. The molecule has 0 amide bonds. The average molecular weight is 244 g/mol. The molecule has 0 aromatic carbocycles. The maximum Gasteiger partial charge on any atom is 0.341 e. The number of carbonyl (C=O) groups is 1. The highest BCUT2D eigenvalue weighted by atomic mass is 35.5. The van der Waals surface area contributed by atoms with Crippen LogP contribution in [0.25, 0.3) is 0 Å². The van der Waals surface area contributed by atoms with Crippen LogP contribution in [0.4, 0.5) is 11.4 Å². The summed E-state index contributed by atoms with van der Waals surface area (Å²) in [7, 11) is 0. The van der Waals surface area contributed by atoms with Gasteiger partial charge in [0, 0.05) is 12.7 Å². The lowest BCUT2D eigenvalue weighted by Gasteiger charge is -2.12. The lowest BCUT2D eigenvalue weighted by molar-refractivity contribution is 0.0527. The first-order valence-corrected chi connectivity index (χ1v) is 5.34. The summed E-state index contributed by atoms with van der Waals surface area (Å²) in [5.41, 5.74) is 6.77. The molecule has 0 spiro atoms. The Morgan fingerprint density at radius 3 is 2.88 bits per heavy atom. The van der Waals surface area contributed by atoms with Crippen LogP contribution in [-0.2, 0) is 4.74 Å². The van der Waals surface area contributed by atoms with Crippen molar-refractivity contribution in [1.29, 1.82) is 0 Å². The highest BCUT2D eigenvalue weighted by Gasteiger charge is 2.17. The normalized spacial score (nSPS) is 9.94. The second-order valence-corrected chi connectivity index (χ2v) is 3.36. The van der Waals surface area contributed by atoms with E-state index in [2.05, 4.69) is 10.3 Å². The van der Waals surface area contributed by atoms with E-state index in [1.807, 2.05) is 6.92 Å². The second-order valence-electron chi connectivity index (χ2n) is 3.00. The molecule has 3 N–H and O–H groups in total. The molecule has 0 unspecified atom stereocenters. The van der Waals surface area contributed by atoms with Crippen molar-refractivity contribution >= 4 is 28.9 Å². The molecule has 88 valence electrons. The van der Waals surface area contributed by atoms with Gasteiger partial charge in [-0.1, -0.05) is 11.6 Å². The van der Waals surface area contributed by atoms with Crippen LogP contribution in [0.1, 0.15) is 24.2 Å². The van der Waals surface area contributed by atoms with Crippen molar-refractivity contribution < 1.29 is 9.53 Å². The van der Waals surface area contributed by atoms with Crippen LogP contribution in [0.2, 0.25) is 5.15 Å². The number of hydrogen-bond donors (Lipinski definition) is 2. The number of pyridine rings is 1. The number of rotatable bonds is 4. The van der Waals surface area contributed by atoms with Gasteiger partial charge in [-0.2, -0.15) is 0 Å². The Balaban J connectivity index is 3.17. The van der Waals surface area contributed by atoms with E-state index in [-0.39, 0.29) is 10.8 Å². The maximum atomic E-state index is 11.6. The topological polar surface area (TPSA) is 77.2 Å². The summed E-state index contributed by atoms with van der Waals surface area (Å²) in [4.78, 5) is 15.4. The quantitative estimate of drug-likeness (QED) is 0.624. The summed E-state index contributed by atoms with van der Waals surface area (Å²) in [6.07, 6.45) is 1.36. The smallest absolute Gasteiger partial charge is 0.341 e.